The molecule has 1 aromatic carbocycles. The summed E-state index contributed by atoms with van der Waals surface area (Å²) in [5.41, 5.74) is 4.83. The van der Waals surface area contributed by atoms with E-state index in [4.69, 9.17) is 11.6 Å². The Hall–Kier alpha value is -1.87. The van der Waals surface area contributed by atoms with Gasteiger partial charge in [-0.05, 0) is 43.0 Å². The molecular formula is C17H15ClN2O. The first-order valence-corrected chi connectivity index (χ1v) is 7.65. The van der Waals surface area contributed by atoms with Crippen LogP contribution in [0.4, 0.5) is 5.69 Å². The van der Waals surface area contributed by atoms with Gasteiger partial charge in [-0.1, -0.05) is 17.7 Å². The molecule has 106 valence electrons. The Kier molecular flexibility index (Phi) is 2.64. The second-order valence-corrected chi connectivity index (χ2v) is 6.17. The fourth-order valence-electron chi connectivity index (χ4n) is 3.31. The Labute approximate surface area is 128 Å². The molecular weight excluding hydrogens is 284 g/mol. The molecule has 3 nitrogen and oxygen atoms in total. The van der Waals surface area contributed by atoms with Crippen molar-refractivity contribution in [2.24, 2.45) is 0 Å². The predicted molar refractivity (Wildman–Crippen MR) is 82.7 cm³/mol. The Morgan fingerprint density at radius 2 is 2.10 bits per heavy atom. The number of pyridine rings is 1. The van der Waals surface area contributed by atoms with E-state index >= 15 is 0 Å². The van der Waals surface area contributed by atoms with Crippen LogP contribution >= 0.6 is 11.6 Å². The second-order valence-electron chi connectivity index (χ2n) is 5.91. The third kappa shape index (κ3) is 1.74. The van der Waals surface area contributed by atoms with E-state index in [0.717, 1.165) is 29.7 Å². The monoisotopic (exact) mass is 298 g/mol. The van der Waals surface area contributed by atoms with Gasteiger partial charge in [0.15, 0.2) is 0 Å². The van der Waals surface area contributed by atoms with E-state index in [9.17, 15) is 4.79 Å². The Morgan fingerprint density at radius 1 is 1.29 bits per heavy atom. The van der Waals surface area contributed by atoms with Gasteiger partial charge in [-0.25, -0.2) is 0 Å². The zero-order chi connectivity index (χ0) is 14.6. The van der Waals surface area contributed by atoms with E-state index in [2.05, 4.69) is 18.0 Å². The highest BCUT2D eigenvalue weighted by molar-refractivity contribution is 6.17. The summed E-state index contributed by atoms with van der Waals surface area (Å²) in [7, 11) is 0. The van der Waals surface area contributed by atoms with Crippen molar-refractivity contribution < 1.29 is 4.79 Å². The topological polar surface area (TPSA) is 33.2 Å². The number of hydrogen-bond donors (Lipinski definition) is 0. The summed E-state index contributed by atoms with van der Waals surface area (Å²) in [5.74, 6) is 0.484. The maximum atomic E-state index is 12.8. The number of hydrogen-bond acceptors (Lipinski definition) is 2. The predicted octanol–water partition coefficient (Wildman–Crippen LogP) is 3.78. The van der Waals surface area contributed by atoms with Crippen LogP contribution in [0.25, 0.3) is 0 Å². The lowest BCUT2D eigenvalue weighted by molar-refractivity contribution is 0.0989. The van der Waals surface area contributed by atoms with Crippen molar-refractivity contribution in [2.75, 3.05) is 4.90 Å². The zero-order valence-electron chi connectivity index (χ0n) is 11.8. The number of fused-ring (bicyclic) bond motifs is 2. The van der Waals surface area contributed by atoms with Crippen LogP contribution in [0.1, 0.15) is 39.9 Å². The molecule has 1 aromatic heterocycles. The lowest BCUT2D eigenvalue weighted by Gasteiger charge is -2.25. The van der Waals surface area contributed by atoms with Crippen molar-refractivity contribution in [3.63, 3.8) is 0 Å². The highest BCUT2D eigenvalue weighted by Crippen LogP contribution is 2.57. The van der Waals surface area contributed by atoms with E-state index < -0.39 is 0 Å². The molecule has 0 bridgehead atoms. The number of carbonyl (C=O) groups is 1. The lowest BCUT2D eigenvalue weighted by atomic mass is 10.0. The van der Waals surface area contributed by atoms with Crippen LogP contribution in [0.3, 0.4) is 0 Å². The van der Waals surface area contributed by atoms with E-state index in [1.807, 2.05) is 23.1 Å². The van der Waals surface area contributed by atoms with Gasteiger partial charge in [0, 0.05) is 17.6 Å². The zero-order valence-corrected chi connectivity index (χ0v) is 12.5. The number of halogens is 1. The normalized spacial score (nSPS) is 18.2. The fraction of sp³-hybridized carbons (Fsp3) is 0.294. The number of carbonyl (C=O) groups excluding carboxylic acids is 1. The summed E-state index contributed by atoms with van der Waals surface area (Å²) in [6, 6.07) is 8.07. The molecule has 0 radical (unpaired) electrons. The highest BCUT2D eigenvalue weighted by atomic mass is 35.5. The van der Waals surface area contributed by atoms with Crippen molar-refractivity contribution in [3.8, 4) is 0 Å². The maximum absolute atomic E-state index is 12.8. The van der Waals surface area contributed by atoms with Crippen LogP contribution in [-0.4, -0.2) is 10.9 Å². The number of aryl methyl sites for hydroxylation is 1. The van der Waals surface area contributed by atoms with Crippen molar-refractivity contribution in [2.45, 2.75) is 31.2 Å². The smallest absolute Gasteiger partial charge is 0.259 e. The first kappa shape index (κ1) is 12.8. The summed E-state index contributed by atoms with van der Waals surface area (Å²) in [4.78, 5) is 19.0. The molecule has 1 fully saturated rings. The van der Waals surface area contributed by atoms with Crippen molar-refractivity contribution in [1.82, 2.24) is 4.98 Å². The standard InChI is InChI=1S/C17H15ClN2O/c1-11-2-3-14-15(6-11)17(4-5-17)20(16(14)21)13-7-12(8-18)9-19-10-13/h2-3,6-7,9-10H,4-5,8H2,1H3. The van der Waals surface area contributed by atoms with Crippen LogP contribution in [-0.2, 0) is 11.4 Å². The van der Waals surface area contributed by atoms with Gasteiger partial charge < -0.3 is 0 Å². The van der Waals surface area contributed by atoms with Crippen LogP contribution in [0, 0.1) is 6.92 Å². The van der Waals surface area contributed by atoms with E-state index in [-0.39, 0.29) is 11.4 Å². The molecule has 2 heterocycles. The molecule has 1 saturated carbocycles. The summed E-state index contributed by atoms with van der Waals surface area (Å²) < 4.78 is 0. The lowest BCUT2D eigenvalue weighted by Crippen LogP contribution is -2.33. The Morgan fingerprint density at radius 3 is 2.81 bits per heavy atom. The molecule has 1 spiro atoms. The second kappa shape index (κ2) is 4.31. The molecule has 0 atom stereocenters. The van der Waals surface area contributed by atoms with Gasteiger partial charge in [-0.15, -0.1) is 11.6 Å². The van der Waals surface area contributed by atoms with Gasteiger partial charge >= 0.3 is 0 Å². The number of anilines is 1. The van der Waals surface area contributed by atoms with Crippen molar-refractivity contribution in [1.29, 1.82) is 0 Å². The average Bonchev–Trinajstić information content (AvgIpc) is 3.24. The van der Waals surface area contributed by atoms with Gasteiger partial charge in [0.1, 0.15) is 0 Å². The molecule has 0 N–H and O–H groups in total. The number of rotatable bonds is 2. The van der Waals surface area contributed by atoms with Crippen molar-refractivity contribution >= 4 is 23.2 Å². The minimum Gasteiger partial charge on any atom is -0.297 e. The van der Waals surface area contributed by atoms with Gasteiger partial charge in [-0.2, -0.15) is 0 Å². The average molecular weight is 299 g/mol. The van der Waals surface area contributed by atoms with Crippen LogP contribution in [0.15, 0.2) is 36.7 Å². The summed E-state index contributed by atoms with van der Waals surface area (Å²) in [6.07, 6.45) is 5.53. The Balaban J connectivity index is 1.86. The molecule has 2 aromatic rings. The van der Waals surface area contributed by atoms with Gasteiger partial charge in [0.25, 0.3) is 5.91 Å². The number of aromatic nitrogens is 1. The first-order valence-electron chi connectivity index (χ1n) is 7.11. The van der Waals surface area contributed by atoms with Crippen LogP contribution in [0.2, 0.25) is 0 Å². The number of alkyl halides is 1. The molecule has 1 amide bonds. The quantitative estimate of drug-likeness (QED) is 0.791. The molecule has 0 unspecified atom stereocenters. The molecule has 1 aliphatic carbocycles. The SMILES string of the molecule is Cc1ccc2c(c1)C1(CC1)N(c1cncc(CCl)c1)C2=O. The largest absolute Gasteiger partial charge is 0.297 e. The van der Waals surface area contributed by atoms with Crippen LogP contribution < -0.4 is 4.90 Å². The molecule has 4 rings (SSSR count). The molecule has 0 saturated heterocycles. The summed E-state index contributed by atoms with van der Waals surface area (Å²) >= 11 is 5.90. The van der Waals surface area contributed by atoms with Gasteiger partial charge in [0.05, 0.1) is 17.4 Å². The highest BCUT2D eigenvalue weighted by Gasteiger charge is 2.58. The van der Waals surface area contributed by atoms with E-state index in [0.29, 0.717) is 5.88 Å². The molecule has 1 aliphatic heterocycles. The molecule has 2 aliphatic rings. The summed E-state index contributed by atoms with van der Waals surface area (Å²) in [5, 5.41) is 0. The first-order chi connectivity index (χ1) is 10.2. The molecule has 4 heteroatoms. The minimum atomic E-state index is -0.148. The summed E-state index contributed by atoms with van der Waals surface area (Å²) in [6.45, 7) is 2.07. The number of benzene rings is 1. The van der Waals surface area contributed by atoms with E-state index in [1.165, 1.54) is 11.1 Å². The van der Waals surface area contributed by atoms with Gasteiger partial charge in [0.2, 0.25) is 0 Å². The third-order valence-corrected chi connectivity index (χ3v) is 4.76. The van der Waals surface area contributed by atoms with Crippen LogP contribution in [0.5, 0.6) is 0 Å². The number of nitrogens with zero attached hydrogens (tertiary/aromatic N) is 2. The van der Waals surface area contributed by atoms with E-state index in [1.54, 1.807) is 12.4 Å². The minimum absolute atomic E-state index is 0.0797. The Bertz CT molecular complexity index is 752. The number of amides is 1. The maximum Gasteiger partial charge on any atom is 0.259 e. The van der Waals surface area contributed by atoms with Crippen molar-refractivity contribution in [3.05, 3.63) is 58.9 Å². The van der Waals surface area contributed by atoms with Gasteiger partial charge in [-0.3, -0.25) is 14.7 Å². The third-order valence-electron chi connectivity index (χ3n) is 4.45. The molecule has 21 heavy (non-hydrogen) atoms. The fourth-order valence-corrected chi connectivity index (χ4v) is 3.46.